The van der Waals surface area contributed by atoms with E-state index < -0.39 is 5.60 Å². The Morgan fingerprint density at radius 3 is 2.33 bits per heavy atom. The molecule has 15 heavy (non-hydrogen) atoms. The lowest BCUT2D eigenvalue weighted by Gasteiger charge is -2.30. The van der Waals surface area contributed by atoms with E-state index >= 15 is 0 Å². The van der Waals surface area contributed by atoms with Crippen LogP contribution >= 0.6 is 0 Å². The molecule has 1 saturated carbocycles. The van der Waals surface area contributed by atoms with Crippen LogP contribution in [-0.4, -0.2) is 40.9 Å². The van der Waals surface area contributed by atoms with Crippen molar-refractivity contribution in [2.24, 2.45) is 5.92 Å². The van der Waals surface area contributed by atoms with E-state index in [1.54, 1.807) is 7.05 Å². The number of carbonyl (C=O) groups is 1. The number of carbonyl (C=O) groups excluding carboxylic acids is 1. The van der Waals surface area contributed by atoms with Gasteiger partial charge in [-0.05, 0) is 33.1 Å². The van der Waals surface area contributed by atoms with Crippen molar-refractivity contribution in [1.29, 1.82) is 0 Å². The number of amides is 1. The first-order valence-corrected chi connectivity index (χ1v) is 5.30. The summed E-state index contributed by atoms with van der Waals surface area (Å²) >= 11 is 0. The number of rotatable bonds is 2. The van der Waals surface area contributed by atoms with Crippen molar-refractivity contribution in [2.45, 2.75) is 45.3 Å². The standard InChI is InChI=1S/C11H21NO3/c1-8-6-11(8,7-13)12(5)9(14)15-10(2,3)4/h8,13H,6-7H2,1-5H3/t8-,11+/m1/s1. The average Bonchev–Trinajstić information content (AvgIpc) is 2.74. The van der Waals surface area contributed by atoms with Gasteiger partial charge in [-0.1, -0.05) is 6.92 Å². The molecule has 1 rings (SSSR count). The maximum Gasteiger partial charge on any atom is 0.410 e. The Bertz CT molecular complexity index is 255. The smallest absolute Gasteiger partial charge is 0.410 e. The molecule has 0 bridgehead atoms. The molecule has 2 atom stereocenters. The Kier molecular flexibility index (Phi) is 3.01. The lowest BCUT2D eigenvalue weighted by atomic mass is 10.2. The number of ether oxygens (including phenoxy) is 1. The third-order valence-electron chi connectivity index (χ3n) is 3.03. The van der Waals surface area contributed by atoms with Gasteiger partial charge < -0.3 is 14.7 Å². The van der Waals surface area contributed by atoms with Crippen LogP contribution in [0.5, 0.6) is 0 Å². The van der Waals surface area contributed by atoms with E-state index in [1.165, 1.54) is 4.90 Å². The Morgan fingerprint density at radius 1 is 1.60 bits per heavy atom. The summed E-state index contributed by atoms with van der Waals surface area (Å²) in [6.45, 7) is 7.53. The first-order chi connectivity index (χ1) is 6.73. The van der Waals surface area contributed by atoms with Gasteiger partial charge in [0, 0.05) is 7.05 Å². The zero-order valence-corrected chi connectivity index (χ0v) is 10.2. The molecule has 1 fully saturated rings. The molecule has 0 aromatic rings. The van der Waals surface area contributed by atoms with Gasteiger partial charge in [0.25, 0.3) is 0 Å². The maximum atomic E-state index is 11.7. The lowest BCUT2D eigenvalue weighted by molar-refractivity contribution is 0.0101. The van der Waals surface area contributed by atoms with Gasteiger partial charge in [0.05, 0.1) is 12.1 Å². The van der Waals surface area contributed by atoms with E-state index in [4.69, 9.17) is 4.74 Å². The third-order valence-corrected chi connectivity index (χ3v) is 3.03. The van der Waals surface area contributed by atoms with Crippen molar-refractivity contribution in [1.82, 2.24) is 4.90 Å². The van der Waals surface area contributed by atoms with E-state index in [2.05, 4.69) is 0 Å². The molecule has 0 aliphatic heterocycles. The minimum absolute atomic E-state index is 0.00388. The van der Waals surface area contributed by atoms with Crippen LogP contribution in [0.25, 0.3) is 0 Å². The monoisotopic (exact) mass is 215 g/mol. The molecular weight excluding hydrogens is 194 g/mol. The van der Waals surface area contributed by atoms with Crippen LogP contribution in [0.15, 0.2) is 0 Å². The molecule has 1 N–H and O–H groups in total. The molecule has 88 valence electrons. The van der Waals surface area contributed by atoms with Crippen molar-refractivity contribution in [3.8, 4) is 0 Å². The summed E-state index contributed by atoms with van der Waals surface area (Å²) in [4.78, 5) is 13.3. The summed E-state index contributed by atoms with van der Waals surface area (Å²) in [5, 5.41) is 9.30. The first-order valence-electron chi connectivity index (χ1n) is 5.30. The molecule has 1 aliphatic rings. The number of likely N-dealkylation sites (N-methyl/N-ethyl adjacent to an activating group) is 1. The van der Waals surface area contributed by atoms with E-state index in [-0.39, 0.29) is 18.2 Å². The Labute approximate surface area is 91.2 Å². The largest absolute Gasteiger partial charge is 0.444 e. The van der Waals surface area contributed by atoms with Gasteiger partial charge in [-0.25, -0.2) is 4.79 Å². The fourth-order valence-electron chi connectivity index (χ4n) is 1.78. The number of aliphatic hydroxyl groups excluding tert-OH is 1. The van der Waals surface area contributed by atoms with Gasteiger partial charge in [-0.3, -0.25) is 0 Å². The van der Waals surface area contributed by atoms with Crippen LogP contribution in [0.2, 0.25) is 0 Å². The summed E-state index contributed by atoms with van der Waals surface area (Å²) in [6, 6.07) is 0. The second-order valence-corrected chi connectivity index (χ2v) is 5.41. The van der Waals surface area contributed by atoms with E-state index in [1.807, 2.05) is 27.7 Å². The molecule has 0 saturated heterocycles. The van der Waals surface area contributed by atoms with Gasteiger partial charge in [0.1, 0.15) is 5.60 Å². The van der Waals surface area contributed by atoms with Crippen LogP contribution in [0.3, 0.4) is 0 Å². The summed E-state index contributed by atoms with van der Waals surface area (Å²) in [7, 11) is 1.69. The number of aliphatic hydroxyl groups is 1. The molecule has 1 amide bonds. The topological polar surface area (TPSA) is 49.8 Å². The average molecular weight is 215 g/mol. The third kappa shape index (κ3) is 2.43. The predicted octanol–water partition coefficient (Wildman–Crippen LogP) is 1.62. The van der Waals surface area contributed by atoms with Crippen LogP contribution in [0.4, 0.5) is 4.79 Å². The van der Waals surface area contributed by atoms with Gasteiger partial charge in [0.2, 0.25) is 0 Å². The maximum absolute atomic E-state index is 11.7. The molecule has 4 heteroatoms. The van der Waals surface area contributed by atoms with E-state index in [0.29, 0.717) is 5.92 Å². The van der Waals surface area contributed by atoms with E-state index in [0.717, 1.165) is 6.42 Å². The minimum atomic E-state index is -0.486. The molecule has 0 unspecified atom stereocenters. The first kappa shape index (κ1) is 12.3. The van der Waals surface area contributed by atoms with Crippen molar-refractivity contribution >= 4 is 6.09 Å². The molecule has 1 aliphatic carbocycles. The summed E-state index contributed by atoms with van der Waals surface area (Å²) in [5.41, 5.74) is -0.873. The minimum Gasteiger partial charge on any atom is -0.444 e. The van der Waals surface area contributed by atoms with Crippen LogP contribution < -0.4 is 0 Å². The van der Waals surface area contributed by atoms with Crippen LogP contribution in [0.1, 0.15) is 34.1 Å². The second kappa shape index (κ2) is 3.67. The zero-order valence-electron chi connectivity index (χ0n) is 10.2. The summed E-state index contributed by atoms with van der Waals surface area (Å²) in [5.74, 6) is 0.347. The molecule has 0 spiro atoms. The van der Waals surface area contributed by atoms with Crippen molar-refractivity contribution in [3.63, 3.8) is 0 Å². The quantitative estimate of drug-likeness (QED) is 0.761. The fraction of sp³-hybridized carbons (Fsp3) is 0.909. The van der Waals surface area contributed by atoms with Crippen LogP contribution in [0, 0.1) is 5.92 Å². The van der Waals surface area contributed by atoms with E-state index in [9.17, 15) is 9.90 Å². The highest BCUT2D eigenvalue weighted by atomic mass is 16.6. The summed E-state index contributed by atoms with van der Waals surface area (Å²) < 4.78 is 5.25. The lowest BCUT2D eigenvalue weighted by Crippen LogP contribution is -2.45. The van der Waals surface area contributed by atoms with Gasteiger partial charge in [-0.2, -0.15) is 0 Å². The highest BCUT2D eigenvalue weighted by Gasteiger charge is 2.56. The van der Waals surface area contributed by atoms with Crippen molar-refractivity contribution in [2.75, 3.05) is 13.7 Å². The Morgan fingerprint density at radius 2 is 2.07 bits per heavy atom. The number of hydrogen-bond acceptors (Lipinski definition) is 3. The number of hydrogen-bond donors (Lipinski definition) is 1. The van der Waals surface area contributed by atoms with Gasteiger partial charge in [0.15, 0.2) is 0 Å². The number of nitrogens with zero attached hydrogens (tertiary/aromatic N) is 1. The van der Waals surface area contributed by atoms with Crippen molar-refractivity contribution < 1.29 is 14.6 Å². The fourth-order valence-corrected chi connectivity index (χ4v) is 1.78. The zero-order chi connectivity index (χ0) is 11.9. The Hall–Kier alpha value is -0.770. The van der Waals surface area contributed by atoms with Crippen LogP contribution in [-0.2, 0) is 4.74 Å². The predicted molar refractivity (Wildman–Crippen MR) is 57.6 cm³/mol. The second-order valence-electron chi connectivity index (χ2n) is 5.41. The highest BCUT2D eigenvalue weighted by Crippen LogP contribution is 2.47. The molecule has 0 aromatic carbocycles. The van der Waals surface area contributed by atoms with Crippen molar-refractivity contribution in [3.05, 3.63) is 0 Å². The molecule has 0 heterocycles. The molecule has 0 aromatic heterocycles. The van der Waals surface area contributed by atoms with Gasteiger partial charge in [-0.15, -0.1) is 0 Å². The highest BCUT2D eigenvalue weighted by molar-refractivity contribution is 5.69. The molecular formula is C11H21NO3. The molecule has 0 radical (unpaired) electrons. The molecule has 4 nitrogen and oxygen atoms in total. The SMILES string of the molecule is C[C@@H]1C[C@@]1(CO)N(C)C(=O)OC(C)(C)C. The normalized spacial score (nSPS) is 29.9. The summed E-state index contributed by atoms with van der Waals surface area (Å²) in [6.07, 6.45) is 0.486. The Balaban J connectivity index is 2.61. The van der Waals surface area contributed by atoms with Gasteiger partial charge >= 0.3 is 6.09 Å².